The predicted molar refractivity (Wildman–Crippen MR) is 76.5 cm³/mol. The van der Waals surface area contributed by atoms with Crippen molar-refractivity contribution in [2.75, 3.05) is 11.3 Å². The number of aromatic amines is 1. The van der Waals surface area contributed by atoms with Crippen LogP contribution in [0.2, 0.25) is 0 Å². The van der Waals surface area contributed by atoms with Crippen LogP contribution < -0.4 is 4.72 Å². The first-order chi connectivity index (χ1) is 10.5. The molecule has 0 fully saturated rings. The molecular weight excluding hydrogens is 308 g/mol. The van der Waals surface area contributed by atoms with Crippen molar-refractivity contribution in [1.82, 2.24) is 10.2 Å². The molecule has 114 valence electrons. The molecule has 0 unspecified atom stereocenters. The fourth-order valence-corrected chi connectivity index (χ4v) is 2.91. The SMILES string of the molecule is CCOC(=O)c1cn[nH]c1NS(=O)(=O)c1ccccc1C#N. The van der Waals surface area contributed by atoms with Crippen molar-refractivity contribution in [2.24, 2.45) is 0 Å². The van der Waals surface area contributed by atoms with Gasteiger partial charge in [0.05, 0.1) is 18.4 Å². The van der Waals surface area contributed by atoms with Crippen molar-refractivity contribution >= 4 is 21.8 Å². The third-order valence-corrected chi connectivity index (χ3v) is 4.08. The van der Waals surface area contributed by atoms with Gasteiger partial charge in [-0.2, -0.15) is 10.4 Å². The lowest BCUT2D eigenvalue weighted by atomic mass is 10.2. The van der Waals surface area contributed by atoms with Crippen LogP contribution in [0.5, 0.6) is 0 Å². The molecule has 0 radical (unpaired) electrons. The number of anilines is 1. The average molecular weight is 320 g/mol. The van der Waals surface area contributed by atoms with Crippen LogP contribution in [-0.2, 0) is 14.8 Å². The van der Waals surface area contributed by atoms with E-state index in [1.165, 1.54) is 18.2 Å². The molecule has 0 spiro atoms. The molecule has 9 heteroatoms. The predicted octanol–water partition coefficient (Wildman–Crippen LogP) is 1.26. The minimum Gasteiger partial charge on any atom is -0.462 e. The molecule has 0 saturated carbocycles. The highest BCUT2D eigenvalue weighted by atomic mass is 32.2. The summed E-state index contributed by atoms with van der Waals surface area (Å²) >= 11 is 0. The second-order valence-electron chi connectivity index (χ2n) is 4.09. The van der Waals surface area contributed by atoms with Gasteiger partial charge in [0.25, 0.3) is 10.0 Å². The Morgan fingerprint density at radius 3 is 2.86 bits per heavy atom. The topological polar surface area (TPSA) is 125 Å². The lowest BCUT2D eigenvalue weighted by Crippen LogP contribution is -2.17. The standard InChI is InChI=1S/C13H12N4O4S/c1-2-21-13(18)10-8-15-16-12(10)17-22(19,20)11-6-4-3-5-9(11)7-14/h3-6,8H,2H2,1H3,(H2,15,16,17). The molecule has 1 heterocycles. The molecule has 0 aliphatic heterocycles. The molecule has 0 amide bonds. The summed E-state index contributed by atoms with van der Waals surface area (Å²) in [4.78, 5) is 11.5. The molecule has 2 rings (SSSR count). The Morgan fingerprint density at radius 2 is 2.18 bits per heavy atom. The molecule has 22 heavy (non-hydrogen) atoms. The Bertz CT molecular complexity index is 836. The number of benzene rings is 1. The number of esters is 1. The van der Waals surface area contributed by atoms with Gasteiger partial charge in [-0.15, -0.1) is 0 Å². The first kappa shape index (κ1) is 15.5. The zero-order chi connectivity index (χ0) is 16.2. The van der Waals surface area contributed by atoms with E-state index < -0.39 is 16.0 Å². The molecule has 0 saturated heterocycles. The van der Waals surface area contributed by atoms with Gasteiger partial charge in [-0.3, -0.25) is 9.82 Å². The van der Waals surface area contributed by atoms with Crippen molar-refractivity contribution in [1.29, 1.82) is 5.26 Å². The van der Waals surface area contributed by atoms with Gasteiger partial charge < -0.3 is 4.74 Å². The number of rotatable bonds is 5. The zero-order valence-corrected chi connectivity index (χ0v) is 12.3. The second kappa shape index (κ2) is 6.28. The maximum absolute atomic E-state index is 12.3. The molecule has 0 aliphatic rings. The summed E-state index contributed by atoms with van der Waals surface area (Å²) in [6.45, 7) is 1.78. The summed E-state index contributed by atoms with van der Waals surface area (Å²) in [6, 6.07) is 7.53. The second-order valence-corrected chi connectivity index (χ2v) is 5.74. The van der Waals surface area contributed by atoms with Crippen LogP contribution in [0.4, 0.5) is 5.82 Å². The molecular formula is C13H12N4O4S. The fourth-order valence-electron chi connectivity index (χ4n) is 1.71. The number of aromatic nitrogens is 2. The summed E-state index contributed by atoms with van der Waals surface area (Å²) in [7, 11) is -4.05. The first-order valence-electron chi connectivity index (χ1n) is 6.22. The molecule has 8 nitrogen and oxygen atoms in total. The van der Waals surface area contributed by atoms with Crippen LogP contribution in [0.1, 0.15) is 22.8 Å². The Morgan fingerprint density at radius 1 is 1.45 bits per heavy atom. The monoisotopic (exact) mass is 320 g/mol. The average Bonchev–Trinajstić information content (AvgIpc) is 2.95. The van der Waals surface area contributed by atoms with Gasteiger partial charge >= 0.3 is 5.97 Å². The van der Waals surface area contributed by atoms with Crippen molar-refractivity contribution in [2.45, 2.75) is 11.8 Å². The Kier molecular flexibility index (Phi) is 4.43. The number of ether oxygens (including phenoxy) is 1. The maximum atomic E-state index is 12.3. The number of hydrogen-bond acceptors (Lipinski definition) is 6. The van der Waals surface area contributed by atoms with Crippen LogP contribution in [0.3, 0.4) is 0 Å². The number of hydrogen-bond donors (Lipinski definition) is 2. The first-order valence-corrected chi connectivity index (χ1v) is 7.70. The Labute approximate surface area is 126 Å². The summed E-state index contributed by atoms with van der Waals surface area (Å²) < 4.78 is 31.7. The van der Waals surface area contributed by atoms with E-state index in [0.717, 1.165) is 6.20 Å². The Hall–Kier alpha value is -2.86. The highest BCUT2D eigenvalue weighted by Crippen LogP contribution is 2.20. The maximum Gasteiger partial charge on any atom is 0.343 e. The number of nitriles is 1. The molecule has 1 aromatic carbocycles. The summed E-state index contributed by atoms with van der Waals surface area (Å²) in [5.41, 5.74) is -0.0490. The van der Waals surface area contributed by atoms with Gasteiger partial charge in [0, 0.05) is 0 Å². The van der Waals surface area contributed by atoms with E-state index in [2.05, 4.69) is 14.9 Å². The van der Waals surface area contributed by atoms with E-state index in [0.29, 0.717) is 0 Å². The molecule has 0 atom stereocenters. The smallest absolute Gasteiger partial charge is 0.343 e. The lowest BCUT2D eigenvalue weighted by molar-refractivity contribution is 0.0527. The van der Waals surface area contributed by atoms with Gasteiger partial charge in [-0.1, -0.05) is 12.1 Å². The number of sulfonamides is 1. The third kappa shape index (κ3) is 3.07. The molecule has 0 bridgehead atoms. The number of H-pyrrole nitrogens is 1. The van der Waals surface area contributed by atoms with Crippen LogP contribution in [0.25, 0.3) is 0 Å². The number of nitrogens with one attached hydrogen (secondary N) is 2. The van der Waals surface area contributed by atoms with Crippen molar-refractivity contribution in [3.63, 3.8) is 0 Å². The van der Waals surface area contributed by atoms with E-state index in [1.54, 1.807) is 19.1 Å². The normalized spacial score (nSPS) is 10.7. The fraction of sp³-hybridized carbons (Fsp3) is 0.154. The van der Waals surface area contributed by atoms with Gasteiger partial charge in [0.2, 0.25) is 0 Å². The van der Waals surface area contributed by atoms with Crippen molar-refractivity contribution in [3.05, 3.63) is 41.6 Å². The molecule has 2 aromatic rings. The van der Waals surface area contributed by atoms with Gasteiger partial charge in [-0.05, 0) is 19.1 Å². The zero-order valence-electron chi connectivity index (χ0n) is 11.5. The van der Waals surface area contributed by atoms with E-state index in [-0.39, 0.29) is 28.4 Å². The minimum atomic E-state index is -4.05. The van der Waals surface area contributed by atoms with Crippen LogP contribution >= 0.6 is 0 Å². The molecule has 2 N–H and O–H groups in total. The largest absolute Gasteiger partial charge is 0.462 e. The van der Waals surface area contributed by atoms with E-state index >= 15 is 0 Å². The molecule has 1 aromatic heterocycles. The number of carbonyl (C=O) groups is 1. The summed E-state index contributed by atoms with van der Waals surface area (Å²) in [5.74, 6) is -0.825. The lowest BCUT2D eigenvalue weighted by Gasteiger charge is -2.09. The van der Waals surface area contributed by atoms with Gasteiger partial charge in [-0.25, -0.2) is 13.2 Å². The van der Waals surface area contributed by atoms with Crippen molar-refractivity contribution in [3.8, 4) is 6.07 Å². The number of nitrogens with zero attached hydrogens (tertiary/aromatic N) is 2. The van der Waals surface area contributed by atoms with Crippen LogP contribution in [0, 0.1) is 11.3 Å². The highest BCUT2D eigenvalue weighted by molar-refractivity contribution is 7.92. The summed E-state index contributed by atoms with van der Waals surface area (Å²) in [5, 5.41) is 15.0. The molecule has 0 aliphatic carbocycles. The van der Waals surface area contributed by atoms with Crippen LogP contribution in [0.15, 0.2) is 35.4 Å². The van der Waals surface area contributed by atoms with E-state index in [9.17, 15) is 13.2 Å². The third-order valence-electron chi connectivity index (χ3n) is 2.67. The van der Waals surface area contributed by atoms with E-state index in [4.69, 9.17) is 10.00 Å². The minimum absolute atomic E-state index is 0.00722. The number of carbonyl (C=O) groups excluding carboxylic acids is 1. The van der Waals surface area contributed by atoms with Crippen LogP contribution in [-0.4, -0.2) is 31.2 Å². The Balaban J connectivity index is 2.37. The summed E-state index contributed by atoms with van der Waals surface area (Å²) in [6.07, 6.45) is 1.16. The highest BCUT2D eigenvalue weighted by Gasteiger charge is 2.23. The van der Waals surface area contributed by atoms with Crippen molar-refractivity contribution < 1.29 is 17.9 Å². The van der Waals surface area contributed by atoms with Gasteiger partial charge in [0.1, 0.15) is 22.3 Å². The van der Waals surface area contributed by atoms with Gasteiger partial charge in [0.15, 0.2) is 0 Å². The van der Waals surface area contributed by atoms with E-state index in [1.807, 2.05) is 0 Å². The quantitative estimate of drug-likeness (QED) is 0.799.